The predicted octanol–water partition coefficient (Wildman–Crippen LogP) is 1.52. The Hall–Kier alpha value is -3.11. The van der Waals surface area contributed by atoms with Crippen molar-refractivity contribution in [3.63, 3.8) is 0 Å². The van der Waals surface area contributed by atoms with Crippen molar-refractivity contribution in [1.29, 1.82) is 0 Å². The van der Waals surface area contributed by atoms with Gasteiger partial charge in [0.15, 0.2) is 5.69 Å². The van der Waals surface area contributed by atoms with Crippen LogP contribution in [0.3, 0.4) is 0 Å². The van der Waals surface area contributed by atoms with E-state index in [4.69, 9.17) is 5.11 Å². The second kappa shape index (κ2) is 6.36. The Morgan fingerprint density at radius 2 is 2.00 bits per heavy atom. The van der Waals surface area contributed by atoms with Crippen LogP contribution in [0.15, 0.2) is 36.4 Å². The first-order valence-corrected chi connectivity index (χ1v) is 5.94. The first-order chi connectivity index (χ1) is 10.1. The van der Waals surface area contributed by atoms with E-state index >= 15 is 0 Å². The Balaban J connectivity index is 2.06. The molecule has 2 rings (SSSR count). The SMILES string of the molecule is O=C(Nc1ccc(C#CCO)cc1)c1ccc([N+](=O)[O-])[nH]1. The van der Waals surface area contributed by atoms with Gasteiger partial charge in [-0.15, -0.1) is 0 Å². The molecular formula is C14H11N3O4. The van der Waals surface area contributed by atoms with Gasteiger partial charge in [0.05, 0.1) is 0 Å². The minimum atomic E-state index is -0.606. The lowest BCUT2D eigenvalue weighted by Gasteiger charge is -2.02. The van der Waals surface area contributed by atoms with Crippen molar-refractivity contribution in [1.82, 2.24) is 4.98 Å². The van der Waals surface area contributed by atoms with Crippen molar-refractivity contribution in [3.05, 3.63) is 57.8 Å². The number of aromatic nitrogens is 1. The Morgan fingerprint density at radius 1 is 1.29 bits per heavy atom. The van der Waals surface area contributed by atoms with Crippen LogP contribution in [0.4, 0.5) is 11.5 Å². The van der Waals surface area contributed by atoms with Crippen LogP contribution in [0.2, 0.25) is 0 Å². The molecule has 1 amide bonds. The van der Waals surface area contributed by atoms with Crippen LogP contribution in [0.25, 0.3) is 0 Å². The molecule has 7 heteroatoms. The molecule has 0 aliphatic rings. The standard InChI is InChI=1S/C14H11N3O4/c18-9-1-2-10-3-5-11(6-4-10)15-14(19)12-7-8-13(16-12)17(20)21/h3-8,16,18H,9H2,(H,15,19). The maximum atomic E-state index is 11.9. The van der Waals surface area contributed by atoms with Gasteiger partial charge in [-0.3, -0.25) is 4.79 Å². The average Bonchev–Trinajstić information content (AvgIpc) is 2.97. The Kier molecular flexibility index (Phi) is 4.33. The average molecular weight is 285 g/mol. The van der Waals surface area contributed by atoms with E-state index in [1.807, 2.05) is 0 Å². The van der Waals surface area contributed by atoms with Crippen molar-refractivity contribution in [2.45, 2.75) is 0 Å². The third-order valence-corrected chi connectivity index (χ3v) is 2.57. The van der Waals surface area contributed by atoms with Gasteiger partial charge in [-0.25, -0.2) is 4.98 Å². The highest BCUT2D eigenvalue weighted by Crippen LogP contribution is 2.13. The fourth-order valence-electron chi connectivity index (χ4n) is 1.60. The summed E-state index contributed by atoms with van der Waals surface area (Å²) in [6.45, 7) is -0.218. The first kappa shape index (κ1) is 14.3. The molecule has 0 saturated heterocycles. The third-order valence-electron chi connectivity index (χ3n) is 2.57. The molecule has 0 aliphatic carbocycles. The Bertz CT molecular complexity index is 723. The number of benzene rings is 1. The molecule has 21 heavy (non-hydrogen) atoms. The highest BCUT2D eigenvalue weighted by atomic mass is 16.6. The third kappa shape index (κ3) is 3.68. The van der Waals surface area contributed by atoms with Gasteiger partial charge >= 0.3 is 5.82 Å². The summed E-state index contributed by atoms with van der Waals surface area (Å²) in [5.74, 6) is 4.53. The zero-order valence-corrected chi connectivity index (χ0v) is 10.8. The summed E-state index contributed by atoms with van der Waals surface area (Å²) in [4.78, 5) is 24.2. The molecule has 106 valence electrons. The molecule has 0 aliphatic heterocycles. The van der Waals surface area contributed by atoms with E-state index in [0.29, 0.717) is 11.3 Å². The van der Waals surface area contributed by atoms with Crippen LogP contribution in [0.1, 0.15) is 16.1 Å². The zero-order valence-electron chi connectivity index (χ0n) is 10.8. The number of aromatic amines is 1. The van der Waals surface area contributed by atoms with E-state index in [1.165, 1.54) is 12.1 Å². The van der Waals surface area contributed by atoms with Crippen LogP contribution in [-0.2, 0) is 0 Å². The maximum absolute atomic E-state index is 11.9. The smallest absolute Gasteiger partial charge is 0.321 e. The predicted molar refractivity (Wildman–Crippen MR) is 75.8 cm³/mol. The van der Waals surface area contributed by atoms with Gasteiger partial charge in [-0.2, -0.15) is 0 Å². The number of H-pyrrole nitrogens is 1. The van der Waals surface area contributed by atoms with Gasteiger partial charge in [-0.1, -0.05) is 11.8 Å². The lowest BCUT2D eigenvalue weighted by molar-refractivity contribution is -0.389. The molecule has 1 aromatic carbocycles. The molecule has 3 N–H and O–H groups in total. The fraction of sp³-hybridized carbons (Fsp3) is 0.0714. The summed E-state index contributed by atoms with van der Waals surface area (Å²) in [5.41, 5.74) is 1.34. The number of carbonyl (C=O) groups excluding carboxylic acids is 1. The zero-order chi connectivity index (χ0) is 15.2. The van der Waals surface area contributed by atoms with E-state index in [2.05, 4.69) is 22.1 Å². The van der Waals surface area contributed by atoms with Gasteiger partial charge in [0.1, 0.15) is 6.61 Å². The molecule has 0 saturated carbocycles. The molecule has 0 atom stereocenters. The largest absolute Gasteiger partial charge is 0.384 e. The number of nitrogens with zero attached hydrogens (tertiary/aromatic N) is 1. The summed E-state index contributed by atoms with van der Waals surface area (Å²) in [5, 5.41) is 21.7. The molecule has 0 radical (unpaired) electrons. The van der Waals surface area contributed by atoms with Crippen molar-refractivity contribution >= 4 is 17.4 Å². The van der Waals surface area contributed by atoms with Crippen LogP contribution < -0.4 is 5.32 Å². The van der Waals surface area contributed by atoms with E-state index in [-0.39, 0.29) is 18.1 Å². The van der Waals surface area contributed by atoms with Crippen molar-refractivity contribution in [2.24, 2.45) is 0 Å². The van der Waals surface area contributed by atoms with E-state index < -0.39 is 10.8 Å². The number of aliphatic hydroxyl groups excluding tert-OH is 1. The van der Waals surface area contributed by atoms with Gasteiger partial charge in [0.25, 0.3) is 5.91 Å². The topological polar surface area (TPSA) is 108 Å². The minimum absolute atomic E-state index is 0.103. The molecule has 1 aromatic heterocycles. The summed E-state index contributed by atoms with van der Waals surface area (Å²) in [7, 11) is 0. The van der Waals surface area contributed by atoms with Crippen LogP contribution in [-0.4, -0.2) is 27.5 Å². The summed E-state index contributed by atoms with van der Waals surface area (Å²) >= 11 is 0. The molecule has 0 unspecified atom stereocenters. The normalized spacial score (nSPS) is 9.57. The molecule has 0 bridgehead atoms. The molecule has 7 nitrogen and oxygen atoms in total. The highest BCUT2D eigenvalue weighted by molar-refractivity contribution is 6.03. The van der Waals surface area contributed by atoms with Crippen LogP contribution in [0.5, 0.6) is 0 Å². The number of hydrogen-bond acceptors (Lipinski definition) is 4. The first-order valence-electron chi connectivity index (χ1n) is 5.94. The van der Waals surface area contributed by atoms with E-state index in [0.717, 1.165) is 0 Å². The number of anilines is 1. The van der Waals surface area contributed by atoms with Crippen molar-refractivity contribution in [2.75, 3.05) is 11.9 Å². The van der Waals surface area contributed by atoms with Crippen LogP contribution in [0, 0.1) is 22.0 Å². The Labute approximate surface area is 119 Å². The molecule has 0 spiro atoms. The molecule has 0 fully saturated rings. The summed E-state index contributed by atoms with van der Waals surface area (Å²) < 4.78 is 0. The number of nitro groups is 1. The van der Waals surface area contributed by atoms with Gasteiger partial charge in [-0.05, 0) is 35.3 Å². The molecule has 2 aromatic rings. The van der Waals surface area contributed by atoms with E-state index in [1.54, 1.807) is 24.3 Å². The molecule has 1 heterocycles. The number of rotatable bonds is 3. The van der Waals surface area contributed by atoms with Gasteiger partial charge < -0.3 is 20.5 Å². The number of aliphatic hydroxyl groups is 1. The van der Waals surface area contributed by atoms with E-state index in [9.17, 15) is 14.9 Å². The summed E-state index contributed by atoms with van der Waals surface area (Å²) in [6, 6.07) is 9.25. The number of carbonyl (C=O) groups is 1. The monoisotopic (exact) mass is 285 g/mol. The quantitative estimate of drug-likeness (QED) is 0.451. The number of nitrogens with one attached hydrogen (secondary N) is 2. The molecular weight excluding hydrogens is 274 g/mol. The fourth-order valence-corrected chi connectivity index (χ4v) is 1.60. The maximum Gasteiger partial charge on any atom is 0.321 e. The highest BCUT2D eigenvalue weighted by Gasteiger charge is 2.15. The van der Waals surface area contributed by atoms with Crippen molar-refractivity contribution in [3.8, 4) is 11.8 Å². The second-order valence-corrected chi connectivity index (χ2v) is 4.01. The lowest BCUT2D eigenvalue weighted by atomic mass is 10.2. The Morgan fingerprint density at radius 3 is 2.57 bits per heavy atom. The summed E-state index contributed by atoms with van der Waals surface area (Å²) in [6.07, 6.45) is 0. The lowest BCUT2D eigenvalue weighted by Crippen LogP contribution is -2.12. The number of amides is 1. The minimum Gasteiger partial charge on any atom is -0.384 e. The van der Waals surface area contributed by atoms with Gasteiger partial charge in [0, 0.05) is 17.3 Å². The van der Waals surface area contributed by atoms with Crippen LogP contribution >= 0.6 is 0 Å². The second-order valence-electron chi connectivity index (χ2n) is 4.01. The number of hydrogen-bond donors (Lipinski definition) is 3. The van der Waals surface area contributed by atoms with Gasteiger partial charge in [0.2, 0.25) is 0 Å². The van der Waals surface area contributed by atoms with Crippen molar-refractivity contribution < 1.29 is 14.8 Å².